The molecule has 0 fully saturated rings. The Morgan fingerprint density at radius 2 is 1.25 bits per heavy atom. The Labute approximate surface area is 57.6 Å². The summed E-state index contributed by atoms with van der Waals surface area (Å²) in [5, 5.41) is 0. The van der Waals surface area contributed by atoms with E-state index in [9.17, 15) is 0 Å². The summed E-state index contributed by atoms with van der Waals surface area (Å²) in [6, 6.07) is 0. The van der Waals surface area contributed by atoms with Crippen LogP contribution < -0.4 is 0 Å². The van der Waals surface area contributed by atoms with Crippen molar-refractivity contribution in [3.8, 4) is 0 Å². The van der Waals surface area contributed by atoms with Crippen LogP contribution in [0.2, 0.25) is 0 Å². The minimum Gasteiger partial charge on any atom is -0.396 e. The van der Waals surface area contributed by atoms with Crippen LogP contribution in [-0.2, 0) is 47.7 Å². The Kier molecular flexibility index (Phi) is 116. The molecule has 24 valence electrons. The summed E-state index contributed by atoms with van der Waals surface area (Å²) in [4.78, 5) is 0. The first-order valence-corrected chi connectivity index (χ1v) is 0.866. The van der Waals surface area contributed by atoms with E-state index in [4.69, 9.17) is 4.46 Å². The summed E-state index contributed by atoms with van der Waals surface area (Å²) in [6.45, 7) is 0. The van der Waals surface area contributed by atoms with Gasteiger partial charge >= 0.3 is 0 Å². The van der Waals surface area contributed by atoms with Crippen molar-refractivity contribution >= 4 is 10.1 Å². The van der Waals surface area contributed by atoms with Crippen molar-refractivity contribution in [3.05, 3.63) is 0 Å². The monoisotopic (exact) mass is 192 g/mol. The van der Waals surface area contributed by atoms with Crippen LogP contribution >= 0.6 is 0 Å². The molecule has 0 aromatic rings. The molecule has 1 nitrogen and oxygen atoms in total. The maximum atomic E-state index is 8.28. The normalized spacial score (nSPS) is 1.00. The fourth-order valence-corrected chi connectivity index (χ4v) is 0. The van der Waals surface area contributed by atoms with Crippen LogP contribution in [0.3, 0.4) is 0 Å². The predicted octanol–water partition coefficient (Wildman–Crippen LogP) is -1.04. The number of hydrogen-bond donors (Lipinski definition) is 0. The molecule has 0 aliphatic carbocycles. The van der Waals surface area contributed by atoms with Crippen LogP contribution in [0.4, 0.5) is 0 Å². The van der Waals surface area contributed by atoms with Gasteiger partial charge in [-0.25, -0.2) is 0 Å². The molecule has 4 heavy (non-hydrogen) atoms. The van der Waals surface area contributed by atoms with E-state index in [1.54, 1.807) is 0 Å². The van der Waals surface area contributed by atoms with Crippen molar-refractivity contribution in [2.24, 2.45) is 0 Å². The van der Waals surface area contributed by atoms with Gasteiger partial charge in [0.1, 0.15) is 0 Å². The maximum absolute atomic E-state index is 8.28. The smallest absolute Gasteiger partial charge is 0.245 e. The molecular formula is H2FeOSiZr. The summed E-state index contributed by atoms with van der Waals surface area (Å²) in [7, 11) is 0.611. The molecule has 0 atom stereocenters. The molecule has 0 spiro atoms. The largest absolute Gasteiger partial charge is 0.396 e. The van der Waals surface area contributed by atoms with E-state index < -0.39 is 0 Å². The van der Waals surface area contributed by atoms with Crippen LogP contribution in [0.25, 0.3) is 0 Å². The molecule has 0 saturated heterocycles. The first-order chi connectivity index (χ1) is 1.00. The summed E-state index contributed by atoms with van der Waals surface area (Å²) in [5.74, 6) is 0. The third-order valence-corrected chi connectivity index (χ3v) is 0. The van der Waals surface area contributed by atoms with E-state index >= 15 is 0 Å². The summed E-state index contributed by atoms with van der Waals surface area (Å²) in [5.41, 5.74) is 0. The Morgan fingerprint density at radius 3 is 1.25 bits per heavy atom. The second-order valence-electron chi connectivity index (χ2n) is 0. The van der Waals surface area contributed by atoms with Crippen molar-refractivity contribution in [1.82, 2.24) is 0 Å². The fourth-order valence-electron chi connectivity index (χ4n) is 0. The molecule has 0 aliphatic rings. The molecule has 0 radical (unpaired) electrons. The Bertz CT molecular complexity index is 8.00. The van der Waals surface area contributed by atoms with E-state index in [-0.39, 0.29) is 43.3 Å². The van der Waals surface area contributed by atoms with Crippen molar-refractivity contribution in [3.63, 3.8) is 0 Å². The maximum Gasteiger partial charge on any atom is 0.245 e. The fraction of sp³-hybridized carbons (Fsp3) is 0. The van der Waals surface area contributed by atoms with Crippen LogP contribution in [0.15, 0.2) is 0 Å². The van der Waals surface area contributed by atoms with Gasteiger partial charge in [0.2, 0.25) is 10.1 Å². The molecule has 0 unspecified atom stereocenters. The van der Waals surface area contributed by atoms with E-state index in [1.807, 2.05) is 0 Å². The van der Waals surface area contributed by atoms with E-state index in [1.165, 1.54) is 0 Å². The molecule has 0 aliphatic heterocycles. The van der Waals surface area contributed by atoms with Crippen LogP contribution in [-0.4, -0.2) is 10.1 Å². The van der Waals surface area contributed by atoms with Crippen molar-refractivity contribution in [2.45, 2.75) is 0 Å². The number of hydrogen-bond acceptors (Lipinski definition) is 1. The summed E-state index contributed by atoms with van der Waals surface area (Å²) >= 11 is 0. The topological polar surface area (TPSA) is 17.1 Å². The van der Waals surface area contributed by atoms with Gasteiger partial charge < -0.3 is 4.46 Å². The van der Waals surface area contributed by atoms with E-state index in [2.05, 4.69) is 0 Å². The van der Waals surface area contributed by atoms with Gasteiger partial charge in [0.05, 0.1) is 0 Å². The van der Waals surface area contributed by atoms with Crippen molar-refractivity contribution in [1.29, 1.82) is 0 Å². The predicted molar refractivity (Wildman–Crippen MR) is 9.23 cm³/mol. The van der Waals surface area contributed by atoms with Gasteiger partial charge in [0.15, 0.2) is 0 Å². The van der Waals surface area contributed by atoms with Gasteiger partial charge in [-0.2, -0.15) is 0 Å². The first kappa shape index (κ1) is 18.1. The van der Waals surface area contributed by atoms with Gasteiger partial charge in [0.25, 0.3) is 0 Å². The minimum absolute atomic E-state index is 0. The second-order valence-corrected chi connectivity index (χ2v) is 0. The summed E-state index contributed by atoms with van der Waals surface area (Å²) in [6.07, 6.45) is 0. The van der Waals surface area contributed by atoms with Crippen LogP contribution in [0, 0.1) is 0 Å². The second kappa shape index (κ2) is 25.6. The standard InChI is InChI=1S/Fe.H2OSi.Zr/c;1-2;/h;2H2;. The van der Waals surface area contributed by atoms with Gasteiger partial charge in [-0.15, -0.1) is 0 Å². The molecular weight excluding hydrogens is 191 g/mol. The molecule has 0 saturated carbocycles. The SMILES string of the molecule is O=[SiH2].[Fe].[Zr]. The summed E-state index contributed by atoms with van der Waals surface area (Å²) < 4.78 is 8.28. The molecule has 0 aromatic carbocycles. The van der Waals surface area contributed by atoms with Crippen molar-refractivity contribution < 1.29 is 47.7 Å². The minimum atomic E-state index is 0. The van der Waals surface area contributed by atoms with E-state index in [0.29, 0.717) is 10.1 Å². The van der Waals surface area contributed by atoms with Crippen LogP contribution in [0.5, 0.6) is 0 Å². The molecule has 0 amide bonds. The molecule has 0 heterocycles. The van der Waals surface area contributed by atoms with Gasteiger partial charge in [-0.3, -0.25) is 0 Å². The first-order valence-electron chi connectivity index (χ1n) is 0.289. The third-order valence-electron chi connectivity index (χ3n) is 0. The zero-order valence-electron chi connectivity index (χ0n) is 1.97. The Morgan fingerprint density at radius 1 is 1.25 bits per heavy atom. The Hall–Kier alpha value is 1.42. The zero-order valence-corrected chi connectivity index (χ0v) is 6.95. The quantitative estimate of drug-likeness (QED) is 0.449. The van der Waals surface area contributed by atoms with Gasteiger partial charge in [-0.1, -0.05) is 0 Å². The average Bonchev–Trinajstić information content (AvgIpc) is 1.00. The van der Waals surface area contributed by atoms with Crippen molar-refractivity contribution in [2.75, 3.05) is 0 Å². The van der Waals surface area contributed by atoms with Gasteiger partial charge in [0, 0.05) is 43.3 Å². The molecule has 0 N–H and O–H groups in total. The molecule has 0 rings (SSSR count). The van der Waals surface area contributed by atoms with Gasteiger partial charge in [-0.05, 0) is 0 Å². The average molecular weight is 193 g/mol. The van der Waals surface area contributed by atoms with Crippen LogP contribution in [0.1, 0.15) is 0 Å². The molecule has 0 aromatic heterocycles. The number of rotatable bonds is 0. The molecule has 0 bridgehead atoms. The third kappa shape index (κ3) is 9.93. The van der Waals surface area contributed by atoms with E-state index in [0.717, 1.165) is 0 Å². The Balaban J connectivity index is -0.00000000500. The zero-order chi connectivity index (χ0) is 2.00. The molecule has 4 heteroatoms.